The fourth-order valence-corrected chi connectivity index (χ4v) is 3.81. The Bertz CT molecular complexity index is 700. The molecule has 3 rings (SSSR count). The molecule has 0 saturated carbocycles. The molecule has 2 aromatic heterocycles. The lowest BCUT2D eigenvalue weighted by Gasteiger charge is -2.29. The molecule has 2 atom stereocenters. The number of methoxy groups -OCH3 is 1. The molecule has 1 fully saturated rings. The second kappa shape index (κ2) is 7.97. The fraction of sp³-hybridized carbons (Fsp3) is 0.474. The van der Waals surface area contributed by atoms with Crippen LogP contribution in [0.15, 0.2) is 42.7 Å². The second-order valence-corrected chi connectivity index (χ2v) is 6.99. The summed E-state index contributed by atoms with van der Waals surface area (Å²) >= 11 is 5.66. The van der Waals surface area contributed by atoms with E-state index < -0.39 is 0 Å². The average Bonchev–Trinajstić information content (AvgIpc) is 3.21. The van der Waals surface area contributed by atoms with Crippen LogP contribution in [0.2, 0.25) is 0 Å². The van der Waals surface area contributed by atoms with Crippen LogP contribution in [0.5, 0.6) is 0 Å². The highest BCUT2D eigenvalue weighted by Crippen LogP contribution is 2.39. The molecule has 0 radical (unpaired) electrons. The van der Waals surface area contributed by atoms with Gasteiger partial charge in [-0.3, -0.25) is 4.98 Å². The van der Waals surface area contributed by atoms with Crippen LogP contribution in [-0.2, 0) is 4.74 Å². The topological polar surface area (TPSA) is 42.3 Å². The molecule has 5 nitrogen and oxygen atoms in total. The minimum atomic E-state index is 0.0450. The maximum absolute atomic E-state index is 5.66. The highest BCUT2D eigenvalue weighted by Gasteiger charge is 2.40. The highest BCUT2D eigenvalue weighted by molar-refractivity contribution is 7.80. The Morgan fingerprint density at radius 3 is 2.80 bits per heavy atom. The Kier molecular flexibility index (Phi) is 5.71. The number of rotatable bonds is 7. The first-order chi connectivity index (χ1) is 12.1. The molecule has 0 bridgehead atoms. The van der Waals surface area contributed by atoms with Gasteiger partial charge in [-0.25, -0.2) is 0 Å². The van der Waals surface area contributed by atoms with Crippen LogP contribution in [0.4, 0.5) is 0 Å². The van der Waals surface area contributed by atoms with Gasteiger partial charge < -0.3 is 19.5 Å². The Labute approximate surface area is 155 Å². The molecule has 1 saturated heterocycles. The van der Waals surface area contributed by atoms with E-state index in [0.717, 1.165) is 30.4 Å². The van der Waals surface area contributed by atoms with E-state index in [1.54, 1.807) is 7.11 Å². The third kappa shape index (κ3) is 3.70. The number of hydrogen-bond acceptors (Lipinski definition) is 3. The van der Waals surface area contributed by atoms with Crippen molar-refractivity contribution in [3.05, 3.63) is 54.1 Å². The summed E-state index contributed by atoms with van der Waals surface area (Å²) in [6, 6.07) is 10.9. The summed E-state index contributed by atoms with van der Waals surface area (Å²) < 4.78 is 7.55. The Hall–Kier alpha value is -1.92. The molecule has 0 spiro atoms. The number of nitrogens with one attached hydrogen (secondary N) is 1. The highest BCUT2D eigenvalue weighted by atomic mass is 32.1. The van der Waals surface area contributed by atoms with E-state index in [4.69, 9.17) is 17.0 Å². The van der Waals surface area contributed by atoms with Gasteiger partial charge >= 0.3 is 0 Å². The molecule has 0 unspecified atom stereocenters. The van der Waals surface area contributed by atoms with Gasteiger partial charge in [0.2, 0.25) is 0 Å². The maximum atomic E-state index is 5.66. The van der Waals surface area contributed by atoms with E-state index in [-0.39, 0.29) is 12.1 Å². The Balaban J connectivity index is 1.98. The summed E-state index contributed by atoms with van der Waals surface area (Å²) in [4.78, 5) is 6.86. The summed E-state index contributed by atoms with van der Waals surface area (Å²) in [6.45, 7) is 5.99. The number of ether oxygens (including phenoxy) is 1. The summed E-state index contributed by atoms with van der Waals surface area (Å²) in [7, 11) is 1.73. The largest absolute Gasteiger partial charge is 0.385 e. The lowest BCUT2D eigenvalue weighted by atomic mass is 10.0. The smallest absolute Gasteiger partial charge is 0.170 e. The Morgan fingerprint density at radius 2 is 2.12 bits per heavy atom. The van der Waals surface area contributed by atoms with Crippen LogP contribution in [0.3, 0.4) is 0 Å². The van der Waals surface area contributed by atoms with Gasteiger partial charge in [0, 0.05) is 44.4 Å². The van der Waals surface area contributed by atoms with Gasteiger partial charge in [0.05, 0.1) is 17.8 Å². The molecule has 134 valence electrons. The van der Waals surface area contributed by atoms with Crippen LogP contribution in [0, 0.1) is 0 Å². The molecular formula is C19H26N4OS. The van der Waals surface area contributed by atoms with Crippen molar-refractivity contribution >= 4 is 17.3 Å². The minimum Gasteiger partial charge on any atom is -0.385 e. The maximum Gasteiger partial charge on any atom is 0.170 e. The molecule has 2 aromatic rings. The number of pyridine rings is 1. The van der Waals surface area contributed by atoms with E-state index in [1.807, 2.05) is 18.3 Å². The molecule has 1 aliphatic heterocycles. The van der Waals surface area contributed by atoms with Gasteiger partial charge in [-0.05, 0) is 56.8 Å². The van der Waals surface area contributed by atoms with Crippen LogP contribution in [0.1, 0.15) is 49.8 Å². The van der Waals surface area contributed by atoms with Crippen molar-refractivity contribution < 1.29 is 4.74 Å². The van der Waals surface area contributed by atoms with Crippen molar-refractivity contribution in [2.24, 2.45) is 0 Å². The van der Waals surface area contributed by atoms with Crippen molar-refractivity contribution in [2.45, 2.75) is 38.4 Å². The van der Waals surface area contributed by atoms with Gasteiger partial charge in [-0.15, -0.1) is 0 Å². The molecule has 3 heterocycles. The zero-order valence-electron chi connectivity index (χ0n) is 15.1. The molecule has 6 heteroatoms. The quantitative estimate of drug-likeness (QED) is 0.606. The van der Waals surface area contributed by atoms with E-state index in [2.05, 4.69) is 58.0 Å². The summed E-state index contributed by atoms with van der Waals surface area (Å²) in [5, 5.41) is 4.28. The minimum absolute atomic E-state index is 0.0450. The molecule has 0 aromatic carbocycles. The second-order valence-electron chi connectivity index (χ2n) is 6.60. The van der Waals surface area contributed by atoms with Crippen LogP contribution in [-0.4, -0.2) is 39.8 Å². The van der Waals surface area contributed by atoms with Gasteiger partial charge in [0.15, 0.2) is 5.11 Å². The fourth-order valence-electron chi connectivity index (χ4n) is 3.48. The third-order valence-electron chi connectivity index (χ3n) is 4.62. The van der Waals surface area contributed by atoms with Crippen molar-refractivity contribution in [3.8, 4) is 0 Å². The van der Waals surface area contributed by atoms with Gasteiger partial charge in [0.25, 0.3) is 0 Å². The van der Waals surface area contributed by atoms with E-state index in [0.29, 0.717) is 6.04 Å². The standard InChI is InChI=1S/C19H26N4OS/c1-14(2)22-11-6-9-16(22)18-17(15-8-4-5-10-20-15)21-19(25)23(18)12-7-13-24-3/h4-6,8-11,14,17-18H,7,12-13H2,1-3H3,(H,21,25)/t17-,18-/m1/s1. The number of hydrogen-bond donors (Lipinski definition) is 1. The van der Waals surface area contributed by atoms with Crippen molar-refractivity contribution in [1.82, 2.24) is 19.8 Å². The van der Waals surface area contributed by atoms with Crippen molar-refractivity contribution in [2.75, 3.05) is 20.3 Å². The van der Waals surface area contributed by atoms with Crippen LogP contribution < -0.4 is 5.32 Å². The molecule has 1 N–H and O–H groups in total. The van der Waals surface area contributed by atoms with Crippen LogP contribution >= 0.6 is 12.2 Å². The predicted octanol–water partition coefficient (Wildman–Crippen LogP) is 3.47. The first kappa shape index (κ1) is 17.9. The number of aromatic nitrogens is 2. The number of nitrogens with zero attached hydrogens (tertiary/aromatic N) is 3. The van der Waals surface area contributed by atoms with Gasteiger partial charge in [-0.1, -0.05) is 6.07 Å². The Morgan fingerprint density at radius 1 is 1.28 bits per heavy atom. The lowest BCUT2D eigenvalue weighted by Crippen LogP contribution is -2.32. The molecular weight excluding hydrogens is 332 g/mol. The molecule has 0 amide bonds. The summed E-state index contributed by atoms with van der Waals surface area (Å²) in [6.07, 6.45) is 4.92. The van der Waals surface area contributed by atoms with Crippen molar-refractivity contribution in [1.29, 1.82) is 0 Å². The average molecular weight is 359 g/mol. The SMILES string of the molecule is COCCCN1C(=S)N[C@H](c2ccccn2)[C@H]1c1cccn1C(C)C. The van der Waals surface area contributed by atoms with Crippen LogP contribution in [0.25, 0.3) is 0 Å². The zero-order valence-corrected chi connectivity index (χ0v) is 15.9. The third-order valence-corrected chi connectivity index (χ3v) is 4.97. The van der Waals surface area contributed by atoms with Gasteiger partial charge in [0.1, 0.15) is 0 Å². The number of thiocarbonyl (C=S) groups is 1. The van der Waals surface area contributed by atoms with E-state index in [1.165, 1.54) is 5.69 Å². The van der Waals surface area contributed by atoms with E-state index >= 15 is 0 Å². The van der Waals surface area contributed by atoms with Gasteiger partial charge in [-0.2, -0.15) is 0 Å². The normalized spacial score (nSPS) is 20.3. The molecule has 0 aliphatic carbocycles. The summed E-state index contributed by atoms with van der Waals surface area (Å²) in [5.41, 5.74) is 2.27. The zero-order chi connectivity index (χ0) is 17.8. The van der Waals surface area contributed by atoms with Crippen molar-refractivity contribution in [3.63, 3.8) is 0 Å². The molecule has 25 heavy (non-hydrogen) atoms. The first-order valence-electron chi connectivity index (χ1n) is 8.77. The monoisotopic (exact) mass is 358 g/mol. The molecule has 1 aliphatic rings. The first-order valence-corrected chi connectivity index (χ1v) is 9.18. The predicted molar refractivity (Wildman–Crippen MR) is 103 cm³/mol. The van der Waals surface area contributed by atoms with E-state index in [9.17, 15) is 0 Å². The lowest BCUT2D eigenvalue weighted by molar-refractivity contribution is 0.179. The summed E-state index contributed by atoms with van der Waals surface area (Å²) in [5.74, 6) is 0.